The van der Waals surface area contributed by atoms with Gasteiger partial charge in [0.25, 0.3) is 0 Å². The van der Waals surface area contributed by atoms with Gasteiger partial charge in [-0.25, -0.2) is 0 Å². The number of hydrogen-bond acceptors (Lipinski definition) is 3. The number of carbonyl (C=O) groups excluding carboxylic acids is 1. The maximum absolute atomic E-state index is 12.1. The molecule has 0 aromatic heterocycles. The molecule has 0 saturated heterocycles. The molecule has 2 aromatic carbocycles. The van der Waals surface area contributed by atoms with Gasteiger partial charge in [0, 0.05) is 10.6 Å². The Morgan fingerprint density at radius 1 is 1.18 bits per heavy atom. The lowest BCUT2D eigenvalue weighted by molar-refractivity contribution is 0.104. The van der Waals surface area contributed by atoms with Crippen molar-refractivity contribution in [3.8, 4) is 11.8 Å². The van der Waals surface area contributed by atoms with Gasteiger partial charge < -0.3 is 4.74 Å². The largest absolute Gasteiger partial charge is 0.479 e. The van der Waals surface area contributed by atoms with E-state index < -0.39 is 0 Å². The summed E-state index contributed by atoms with van der Waals surface area (Å²) < 4.78 is 5.15. The monoisotopic (exact) mass is 331 g/mol. The first kappa shape index (κ1) is 16.1. The van der Waals surface area contributed by atoms with Gasteiger partial charge in [-0.3, -0.25) is 4.79 Å². The van der Waals surface area contributed by atoms with Crippen molar-refractivity contribution in [1.82, 2.24) is 0 Å². The quantitative estimate of drug-likeness (QED) is 0.584. The highest BCUT2D eigenvalue weighted by Gasteiger charge is 2.07. The fourth-order valence-electron chi connectivity index (χ4n) is 1.74. The predicted octanol–water partition coefficient (Wildman–Crippen LogP) is 4.79. The number of nitrogens with zero attached hydrogens (tertiary/aromatic N) is 1. The summed E-state index contributed by atoms with van der Waals surface area (Å²) in [7, 11) is 0. The highest BCUT2D eigenvalue weighted by molar-refractivity contribution is 6.36. The van der Waals surface area contributed by atoms with E-state index in [2.05, 4.69) is 0 Å². The van der Waals surface area contributed by atoms with E-state index in [0.717, 1.165) is 5.56 Å². The summed E-state index contributed by atoms with van der Waals surface area (Å²) in [5.74, 6) is 0.375. The number of halogens is 2. The van der Waals surface area contributed by atoms with E-state index in [4.69, 9.17) is 33.2 Å². The van der Waals surface area contributed by atoms with Crippen LogP contribution in [0.1, 0.15) is 15.9 Å². The first-order chi connectivity index (χ1) is 10.6. The van der Waals surface area contributed by atoms with Gasteiger partial charge in [0.15, 0.2) is 12.4 Å². The van der Waals surface area contributed by atoms with E-state index in [9.17, 15) is 4.79 Å². The van der Waals surface area contributed by atoms with Crippen molar-refractivity contribution in [3.05, 3.63) is 69.7 Å². The van der Waals surface area contributed by atoms with Crippen LogP contribution in [0.5, 0.6) is 5.75 Å². The van der Waals surface area contributed by atoms with Crippen molar-refractivity contribution in [1.29, 1.82) is 5.26 Å². The number of ether oxygens (including phenoxy) is 1. The van der Waals surface area contributed by atoms with Crippen molar-refractivity contribution in [2.24, 2.45) is 0 Å². The third kappa shape index (κ3) is 4.36. The van der Waals surface area contributed by atoms with E-state index in [-0.39, 0.29) is 12.4 Å². The maximum Gasteiger partial charge on any atom is 0.187 e. The fourth-order valence-corrected chi connectivity index (χ4v) is 2.12. The van der Waals surface area contributed by atoms with Crippen molar-refractivity contribution < 1.29 is 9.53 Å². The van der Waals surface area contributed by atoms with Crippen molar-refractivity contribution in [2.45, 2.75) is 0 Å². The molecule has 0 aliphatic rings. The average molecular weight is 332 g/mol. The zero-order chi connectivity index (χ0) is 15.9. The second kappa shape index (κ2) is 7.65. The van der Waals surface area contributed by atoms with Crippen LogP contribution < -0.4 is 4.74 Å². The molecule has 0 aliphatic heterocycles. The molecule has 5 heteroatoms. The Labute approximate surface area is 138 Å². The van der Waals surface area contributed by atoms with Gasteiger partial charge in [-0.05, 0) is 42.0 Å². The zero-order valence-electron chi connectivity index (χ0n) is 11.4. The van der Waals surface area contributed by atoms with Gasteiger partial charge in [-0.2, -0.15) is 5.26 Å². The number of rotatable bonds is 5. The molecule has 0 bridgehead atoms. The van der Waals surface area contributed by atoms with Crippen molar-refractivity contribution in [2.75, 3.05) is 6.61 Å². The van der Waals surface area contributed by atoms with E-state index in [1.54, 1.807) is 42.5 Å². The Hall–Kier alpha value is -2.28. The molecular formula is C17H11Cl2NO2. The van der Waals surface area contributed by atoms with E-state index in [0.29, 0.717) is 21.4 Å². The van der Waals surface area contributed by atoms with Crippen LogP contribution in [0.3, 0.4) is 0 Å². The van der Waals surface area contributed by atoms with Crippen LogP contribution in [-0.4, -0.2) is 12.4 Å². The highest BCUT2D eigenvalue weighted by atomic mass is 35.5. The fraction of sp³-hybridized carbons (Fsp3) is 0.0588. The lowest BCUT2D eigenvalue weighted by Crippen LogP contribution is -1.95. The summed E-state index contributed by atoms with van der Waals surface area (Å²) in [4.78, 5) is 12.1. The molecule has 22 heavy (non-hydrogen) atoms. The minimum Gasteiger partial charge on any atom is -0.479 e. The molecule has 0 aliphatic carbocycles. The normalized spacial score (nSPS) is 10.4. The third-order valence-corrected chi connectivity index (χ3v) is 3.37. The minimum absolute atomic E-state index is 0.000930. The summed E-state index contributed by atoms with van der Waals surface area (Å²) in [6, 6.07) is 13.7. The van der Waals surface area contributed by atoms with Gasteiger partial charge >= 0.3 is 0 Å². The van der Waals surface area contributed by atoms with E-state index >= 15 is 0 Å². The van der Waals surface area contributed by atoms with Gasteiger partial charge in [0.1, 0.15) is 11.8 Å². The second-order valence-corrected chi connectivity index (χ2v) is 5.18. The Bertz CT molecular complexity index is 746. The molecule has 0 N–H and O–H groups in total. The molecule has 0 heterocycles. The molecule has 0 saturated carbocycles. The van der Waals surface area contributed by atoms with E-state index in [1.807, 2.05) is 6.07 Å². The Balaban J connectivity index is 2.09. The van der Waals surface area contributed by atoms with Gasteiger partial charge in [0.2, 0.25) is 0 Å². The number of nitriles is 1. The molecule has 0 unspecified atom stereocenters. The molecule has 110 valence electrons. The molecule has 0 fully saturated rings. The summed E-state index contributed by atoms with van der Waals surface area (Å²) in [5, 5.41) is 9.25. The standard InChI is InChI=1S/C17H11Cl2NO2/c18-13-4-7-16(19)15(11-13)17(21)8-3-12-1-5-14(6-2-12)22-10-9-20/h1-8,11H,10H2/b8-3+. The van der Waals surface area contributed by atoms with Gasteiger partial charge in [-0.15, -0.1) is 0 Å². The first-order valence-corrected chi connectivity index (χ1v) is 7.13. The van der Waals surface area contributed by atoms with Gasteiger partial charge in [-0.1, -0.05) is 41.4 Å². The lowest BCUT2D eigenvalue weighted by Gasteiger charge is -2.02. The van der Waals surface area contributed by atoms with Crippen LogP contribution >= 0.6 is 23.2 Å². The smallest absolute Gasteiger partial charge is 0.187 e. The van der Waals surface area contributed by atoms with Gasteiger partial charge in [0.05, 0.1) is 5.02 Å². The molecule has 2 rings (SSSR count). The summed E-state index contributed by atoms with van der Waals surface area (Å²) in [5.41, 5.74) is 1.19. The summed E-state index contributed by atoms with van der Waals surface area (Å²) in [6.07, 6.45) is 3.11. The number of allylic oxidation sites excluding steroid dienone is 1. The Morgan fingerprint density at radius 3 is 2.59 bits per heavy atom. The summed E-state index contributed by atoms with van der Waals surface area (Å²) in [6.45, 7) is 0.000930. The molecule has 0 amide bonds. The van der Waals surface area contributed by atoms with Crippen LogP contribution in [-0.2, 0) is 0 Å². The van der Waals surface area contributed by atoms with Crippen LogP contribution in [0.25, 0.3) is 6.08 Å². The molecule has 0 radical (unpaired) electrons. The molecule has 0 atom stereocenters. The third-order valence-electron chi connectivity index (χ3n) is 2.80. The molecule has 2 aromatic rings. The van der Waals surface area contributed by atoms with Crippen molar-refractivity contribution >= 4 is 35.1 Å². The molecule has 3 nitrogen and oxygen atoms in total. The molecular weight excluding hydrogens is 321 g/mol. The van der Waals surface area contributed by atoms with Crippen LogP contribution in [0.4, 0.5) is 0 Å². The van der Waals surface area contributed by atoms with Crippen molar-refractivity contribution in [3.63, 3.8) is 0 Å². The Morgan fingerprint density at radius 2 is 1.91 bits per heavy atom. The van der Waals surface area contributed by atoms with Crippen LogP contribution in [0.2, 0.25) is 10.0 Å². The van der Waals surface area contributed by atoms with Crippen LogP contribution in [0.15, 0.2) is 48.5 Å². The minimum atomic E-state index is -0.225. The summed E-state index contributed by atoms with van der Waals surface area (Å²) >= 11 is 11.9. The first-order valence-electron chi connectivity index (χ1n) is 6.37. The Kier molecular flexibility index (Phi) is 5.60. The SMILES string of the molecule is N#CCOc1ccc(/C=C/C(=O)c2cc(Cl)ccc2Cl)cc1. The predicted molar refractivity (Wildman–Crippen MR) is 87.4 cm³/mol. The number of benzene rings is 2. The second-order valence-electron chi connectivity index (χ2n) is 4.34. The average Bonchev–Trinajstić information content (AvgIpc) is 2.54. The lowest BCUT2D eigenvalue weighted by atomic mass is 10.1. The maximum atomic E-state index is 12.1. The number of carbonyl (C=O) groups is 1. The zero-order valence-corrected chi connectivity index (χ0v) is 12.9. The van der Waals surface area contributed by atoms with Crippen LogP contribution in [0, 0.1) is 11.3 Å². The highest BCUT2D eigenvalue weighted by Crippen LogP contribution is 2.22. The molecule has 0 spiro atoms. The number of hydrogen-bond donors (Lipinski definition) is 0. The number of ketones is 1. The van der Waals surface area contributed by atoms with E-state index in [1.165, 1.54) is 12.1 Å². The topological polar surface area (TPSA) is 50.1 Å².